The molecule has 1 aliphatic rings. The number of nitrogens with zero attached hydrogens (tertiary/aromatic N) is 1. The van der Waals surface area contributed by atoms with E-state index in [0.29, 0.717) is 6.54 Å². The smallest absolute Gasteiger partial charge is 0.0461 e. The Morgan fingerprint density at radius 1 is 1.73 bits per heavy atom. The quantitative estimate of drug-likeness (QED) is 0.529. The monoisotopic (exact) mass is 174 g/mol. The highest BCUT2D eigenvalue weighted by atomic mass is 31.0. The second kappa shape index (κ2) is 3.51. The minimum absolute atomic E-state index is 0.266. The van der Waals surface area contributed by atoms with Gasteiger partial charge in [-0.2, -0.15) is 0 Å². The number of carboxylic acid groups (broad SMARTS) is 1. The van der Waals surface area contributed by atoms with Crippen LogP contribution in [0.5, 0.6) is 0 Å². The Kier molecular flexibility index (Phi) is 2.85. The van der Waals surface area contributed by atoms with Crippen LogP contribution in [0.25, 0.3) is 0 Å². The summed E-state index contributed by atoms with van der Waals surface area (Å²) in [5.74, 6) is -0.892. The number of carbonyl (C=O) groups is 1. The SMILES string of the molecule is CC[C@H]1CN(P)C[C@H]1C(=O)[O-]. The number of hydrogen-bond acceptors (Lipinski definition) is 3. The molecule has 1 fully saturated rings. The molecule has 0 spiro atoms. The fourth-order valence-electron chi connectivity index (χ4n) is 1.59. The fourth-order valence-corrected chi connectivity index (χ4v) is 2.08. The van der Waals surface area contributed by atoms with Gasteiger partial charge in [-0.15, -0.1) is 0 Å². The molecular formula is C7H13NO2P-. The summed E-state index contributed by atoms with van der Waals surface area (Å²) in [6.45, 7) is 3.50. The van der Waals surface area contributed by atoms with Crippen molar-refractivity contribution in [3.05, 3.63) is 0 Å². The van der Waals surface area contributed by atoms with Gasteiger partial charge in [-0.05, 0) is 5.92 Å². The van der Waals surface area contributed by atoms with Gasteiger partial charge in [0, 0.05) is 25.0 Å². The molecule has 0 amide bonds. The van der Waals surface area contributed by atoms with Gasteiger partial charge in [-0.1, -0.05) is 22.7 Å². The molecule has 0 aromatic carbocycles. The van der Waals surface area contributed by atoms with Gasteiger partial charge in [0.25, 0.3) is 0 Å². The number of hydrogen-bond donors (Lipinski definition) is 0. The average molecular weight is 174 g/mol. The van der Waals surface area contributed by atoms with Crippen molar-refractivity contribution in [3.63, 3.8) is 0 Å². The molecule has 4 heteroatoms. The Morgan fingerprint density at radius 3 is 2.73 bits per heavy atom. The first kappa shape index (κ1) is 8.95. The van der Waals surface area contributed by atoms with Crippen LogP contribution in [0.2, 0.25) is 0 Å². The molecule has 1 unspecified atom stereocenters. The molecule has 1 aliphatic heterocycles. The zero-order chi connectivity index (χ0) is 8.43. The maximum absolute atomic E-state index is 10.6. The maximum atomic E-state index is 10.6. The number of carbonyl (C=O) groups excluding carboxylic acids is 1. The van der Waals surface area contributed by atoms with E-state index in [9.17, 15) is 9.90 Å². The lowest BCUT2D eigenvalue weighted by Gasteiger charge is -2.16. The standard InChI is InChI=1S/C7H14NO2P/c1-2-5-3-8(11)4-6(5)7(9)10/h5-6H,2-4,11H2,1H3,(H,9,10)/p-1/t5-,6+/m0/s1. The summed E-state index contributed by atoms with van der Waals surface area (Å²) in [6, 6.07) is 0. The average Bonchev–Trinajstić information content (AvgIpc) is 2.30. The minimum Gasteiger partial charge on any atom is -0.550 e. The molecule has 1 heterocycles. The predicted octanol–water partition coefficient (Wildman–Crippen LogP) is -0.516. The van der Waals surface area contributed by atoms with E-state index in [0.717, 1.165) is 13.0 Å². The summed E-state index contributed by atoms with van der Waals surface area (Å²) in [5.41, 5.74) is 0. The Labute approximate surface area is 69.0 Å². The zero-order valence-electron chi connectivity index (χ0n) is 6.62. The molecule has 0 N–H and O–H groups in total. The third kappa shape index (κ3) is 1.91. The van der Waals surface area contributed by atoms with Gasteiger partial charge in [0.05, 0.1) is 0 Å². The van der Waals surface area contributed by atoms with E-state index >= 15 is 0 Å². The Morgan fingerprint density at radius 2 is 2.36 bits per heavy atom. The molecule has 0 bridgehead atoms. The summed E-state index contributed by atoms with van der Waals surface area (Å²) in [5, 5.41) is 10.6. The Bertz CT molecular complexity index is 163. The summed E-state index contributed by atoms with van der Waals surface area (Å²) >= 11 is 0. The van der Waals surface area contributed by atoms with Crippen LogP contribution >= 0.6 is 9.39 Å². The third-order valence-electron chi connectivity index (χ3n) is 2.30. The molecule has 0 aromatic heterocycles. The van der Waals surface area contributed by atoms with Crippen LogP contribution in [0.4, 0.5) is 0 Å². The lowest BCUT2D eigenvalue weighted by molar-refractivity contribution is -0.312. The van der Waals surface area contributed by atoms with Crippen molar-refractivity contribution >= 4 is 15.4 Å². The topological polar surface area (TPSA) is 43.4 Å². The highest BCUT2D eigenvalue weighted by Crippen LogP contribution is 2.27. The second-order valence-corrected chi connectivity index (χ2v) is 3.78. The van der Waals surface area contributed by atoms with Gasteiger partial charge in [-0.25, -0.2) is 0 Å². The molecule has 0 saturated carbocycles. The first-order chi connectivity index (χ1) is 5.15. The van der Waals surface area contributed by atoms with Crippen LogP contribution in [0.1, 0.15) is 13.3 Å². The lowest BCUT2D eigenvalue weighted by Crippen LogP contribution is -2.35. The van der Waals surface area contributed by atoms with Crippen LogP contribution in [-0.2, 0) is 4.79 Å². The summed E-state index contributed by atoms with van der Waals surface area (Å²) in [7, 11) is 2.54. The van der Waals surface area contributed by atoms with E-state index in [1.807, 2.05) is 11.6 Å². The first-order valence-electron chi connectivity index (χ1n) is 3.85. The Balaban J connectivity index is 2.57. The third-order valence-corrected chi connectivity index (χ3v) is 2.72. The number of aliphatic carboxylic acids is 1. The van der Waals surface area contributed by atoms with Gasteiger partial charge >= 0.3 is 0 Å². The molecular weight excluding hydrogens is 161 g/mol. The van der Waals surface area contributed by atoms with E-state index < -0.39 is 5.97 Å². The number of carboxylic acids is 1. The summed E-state index contributed by atoms with van der Waals surface area (Å²) in [6.07, 6.45) is 0.920. The van der Waals surface area contributed by atoms with Crippen LogP contribution in [0.3, 0.4) is 0 Å². The molecule has 11 heavy (non-hydrogen) atoms. The molecule has 1 saturated heterocycles. The second-order valence-electron chi connectivity index (χ2n) is 3.05. The minimum atomic E-state index is -0.901. The van der Waals surface area contributed by atoms with Crippen molar-refractivity contribution < 1.29 is 9.90 Å². The van der Waals surface area contributed by atoms with E-state index in [2.05, 4.69) is 9.39 Å². The molecule has 0 radical (unpaired) electrons. The van der Waals surface area contributed by atoms with Gasteiger partial charge < -0.3 is 9.90 Å². The zero-order valence-corrected chi connectivity index (χ0v) is 7.77. The van der Waals surface area contributed by atoms with Crippen molar-refractivity contribution in [1.29, 1.82) is 0 Å². The lowest BCUT2D eigenvalue weighted by atomic mass is 9.94. The van der Waals surface area contributed by atoms with Crippen molar-refractivity contribution in [2.45, 2.75) is 13.3 Å². The largest absolute Gasteiger partial charge is 0.550 e. The molecule has 3 nitrogen and oxygen atoms in total. The van der Waals surface area contributed by atoms with Gasteiger partial charge in [0.2, 0.25) is 0 Å². The Hall–Kier alpha value is -0.140. The van der Waals surface area contributed by atoms with Crippen molar-refractivity contribution in [2.75, 3.05) is 13.1 Å². The molecule has 0 aromatic rings. The first-order valence-corrected chi connectivity index (χ1v) is 4.37. The molecule has 0 aliphatic carbocycles. The van der Waals surface area contributed by atoms with Gasteiger partial charge in [0.1, 0.15) is 0 Å². The van der Waals surface area contributed by atoms with Crippen LogP contribution in [-0.4, -0.2) is 23.7 Å². The summed E-state index contributed by atoms with van der Waals surface area (Å²) < 4.78 is 1.97. The van der Waals surface area contributed by atoms with E-state index in [1.54, 1.807) is 0 Å². The highest BCUT2D eigenvalue weighted by molar-refractivity contribution is 7.13. The summed E-state index contributed by atoms with van der Waals surface area (Å²) in [4.78, 5) is 10.6. The van der Waals surface area contributed by atoms with Gasteiger partial charge in [-0.3, -0.25) is 4.67 Å². The van der Waals surface area contributed by atoms with E-state index in [4.69, 9.17) is 0 Å². The molecule has 64 valence electrons. The van der Waals surface area contributed by atoms with Crippen molar-refractivity contribution in [3.8, 4) is 0 Å². The van der Waals surface area contributed by atoms with E-state index in [-0.39, 0.29) is 11.8 Å². The van der Waals surface area contributed by atoms with Crippen LogP contribution in [0, 0.1) is 11.8 Å². The number of rotatable bonds is 2. The van der Waals surface area contributed by atoms with E-state index in [1.165, 1.54) is 0 Å². The fraction of sp³-hybridized carbons (Fsp3) is 0.857. The molecule has 3 atom stereocenters. The highest BCUT2D eigenvalue weighted by Gasteiger charge is 2.30. The van der Waals surface area contributed by atoms with Crippen molar-refractivity contribution in [2.24, 2.45) is 11.8 Å². The van der Waals surface area contributed by atoms with Crippen LogP contribution in [0.15, 0.2) is 0 Å². The van der Waals surface area contributed by atoms with Crippen molar-refractivity contribution in [1.82, 2.24) is 4.67 Å². The maximum Gasteiger partial charge on any atom is 0.0461 e. The van der Waals surface area contributed by atoms with Crippen LogP contribution < -0.4 is 5.11 Å². The predicted molar refractivity (Wildman–Crippen MR) is 43.6 cm³/mol. The normalized spacial score (nSPS) is 32.5. The van der Waals surface area contributed by atoms with Gasteiger partial charge in [0.15, 0.2) is 0 Å². The molecule has 1 rings (SSSR count).